The van der Waals surface area contributed by atoms with Gasteiger partial charge < -0.3 is 5.73 Å². The van der Waals surface area contributed by atoms with Gasteiger partial charge in [-0.1, -0.05) is 74.3 Å². The predicted molar refractivity (Wildman–Crippen MR) is 113 cm³/mol. The van der Waals surface area contributed by atoms with Crippen LogP contribution in [0.25, 0.3) is 21.1 Å². The smallest absolute Gasteiger partial charge is 0.148 e. The maximum atomic E-state index is 6.25. The minimum Gasteiger partial charge on any atom is -0.398 e. The summed E-state index contributed by atoms with van der Waals surface area (Å²) in [6.07, 6.45) is 2.45. The summed E-state index contributed by atoms with van der Waals surface area (Å²) in [4.78, 5) is 0. The molecule has 0 aliphatic carbocycles. The van der Waals surface area contributed by atoms with Gasteiger partial charge in [0.1, 0.15) is 10.0 Å². The van der Waals surface area contributed by atoms with Gasteiger partial charge in [0.15, 0.2) is 0 Å². The molecule has 2 aromatic carbocycles. The van der Waals surface area contributed by atoms with Crippen molar-refractivity contribution in [1.82, 2.24) is 10.2 Å². The van der Waals surface area contributed by atoms with Crippen LogP contribution in [-0.2, 0) is 19.2 Å². The molecule has 0 aliphatic heterocycles. The lowest BCUT2D eigenvalue weighted by Crippen LogP contribution is -1.99. The molecule has 1 heterocycles. The lowest BCUT2D eigenvalue weighted by atomic mass is 9.89. The molecular weight excluding hydrogens is 337 g/mol. The monoisotopic (exact) mass is 361 g/mol. The van der Waals surface area contributed by atoms with Gasteiger partial charge in [-0.3, -0.25) is 0 Å². The molecule has 0 saturated carbocycles. The molecule has 0 atom stereocenters. The second kappa shape index (κ2) is 8.04. The van der Waals surface area contributed by atoms with E-state index < -0.39 is 0 Å². The number of aromatic nitrogens is 2. The fraction of sp³-hybridized carbons (Fsp3) is 0.333. The first-order chi connectivity index (χ1) is 12.5. The van der Waals surface area contributed by atoms with Gasteiger partial charge in [-0.05, 0) is 36.0 Å². The van der Waals surface area contributed by atoms with Gasteiger partial charge in [-0.25, -0.2) is 0 Å². The Kier molecular flexibility index (Phi) is 5.77. The van der Waals surface area contributed by atoms with Crippen molar-refractivity contribution in [3.63, 3.8) is 0 Å². The first-order valence-corrected chi connectivity index (χ1v) is 9.88. The molecule has 0 spiro atoms. The molecule has 3 aromatic rings. The summed E-state index contributed by atoms with van der Waals surface area (Å²) < 4.78 is 0. The molecule has 3 rings (SSSR count). The molecule has 2 N–H and O–H groups in total. The van der Waals surface area contributed by atoms with Crippen molar-refractivity contribution in [2.45, 2.75) is 39.9 Å². The van der Waals surface area contributed by atoms with Crippen molar-refractivity contribution in [2.24, 2.45) is 5.92 Å². The summed E-state index contributed by atoms with van der Waals surface area (Å²) in [5.74, 6) is 0.582. The van der Waals surface area contributed by atoms with Crippen molar-refractivity contribution >= 4 is 24.9 Å². The highest BCUT2D eigenvalue weighted by Crippen LogP contribution is 2.34. The van der Waals surface area contributed by atoms with Crippen molar-refractivity contribution in [3.8, 4) is 21.1 Å². The first-order valence-electron chi connectivity index (χ1n) is 9.07. The third-order valence-corrected chi connectivity index (χ3v) is 5.53. The first kappa shape index (κ1) is 18.6. The van der Waals surface area contributed by atoms with Crippen LogP contribution in [0, 0.1) is 5.92 Å². The van der Waals surface area contributed by atoms with E-state index in [1.165, 1.54) is 16.7 Å². The average molecular weight is 361 g/mol. The number of rotatable bonds is 6. The number of nitrogens with two attached hydrogens (primary N) is 1. The zero-order valence-corrected chi connectivity index (χ0v) is 16.4. The van der Waals surface area contributed by atoms with E-state index in [1.54, 1.807) is 11.3 Å². The van der Waals surface area contributed by atoms with Gasteiger partial charge in [0, 0.05) is 16.8 Å². The standard InChI is InChI=1S/C21H24BN3S/c1-4-17-16(12-22)6-5-7-18(17)21-25-24-20(26-21)15-9-8-14(10-13(2)3)19(23)11-15/h5-9,11,13H,4,10,12,23H2,1-3H3. The molecule has 0 fully saturated rings. The minimum absolute atomic E-state index is 0.538. The maximum absolute atomic E-state index is 6.25. The highest BCUT2D eigenvalue weighted by molar-refractivity contribution is 7.17. The Labute approximate surface area is 161 Å². The largest absolute Gasteiger partial charge is 0.398 e. The van der Waals surface area contributed by atoms with Gasteiger partial charge in [0.25, 0.3) is 0 Å². The number of benzene rings is 2. The Hall–Kier alpha value is -2.14. The van der Waals surface area contributed by atoms with Crippen LogP contribution in [0.3, 0.4) is 0 Å². The molecule has 0 bridgehead atoms. The highest BCUT2D eigenvalue weighted by Gasteiger charge is 2.14. The van der Waals surface area contributed by atoms with E-state index in [1.807, 2.05) is 12.1 Å². The van der Waals surface area contributed by atoms with Crippen LogP contribution in [0.1, 0.15) is 37.5 Å². The molecule has 2 radical (unpaired) electrons. The third kappa shape index (κ3) is 3.83. The zero-order chi connectivity index (χ0) is 18.7. The van der Waals surface area contributed by atoms with Crippen LogP contribution in [0.2, 0.25) is 0 Å². The van der Waals surface area contributed by atoms with E-state index in [-0.39, 0.29) is 0 Å². The Morgan fingerprint density at radius 1 is 1.08 bits per heavy atom. The minimum atomic E-state index is 0.538. The lowest BCUT2D eigenvalue weighted by Gasteiger charge is -2.10. The SMILES string of the molecule is [B]Cc1cccc(-c2nnc(-c3ccc(CC(C)C)c(N)c3)s2)c1CC. The van der Waals surface area contributed by atoms with Crippen molar-refractivity contribution in [3.05, 3.63) is 53.1 Å². The van der Waals surface area contributed by atoms with Crippen LogP contribution in [0.5, 0.6) is 0 Å². The third-order valence-electron chi connectivity index (χ3n) is 4.52. The average Bonchev–Trinajstić information content (AvgIpc) is 3.12. The second-order valence-corrected chi connectivity index (χ2v) is 7.90. The topological polar surface area (TPSA) is 51.8 Å². The number of nitrogens with zero attached hydrogens (tertiary/aromatic N) is 2. The lowest BCUT2D eigenvalue weighted by molar-refractivity contribution is 0.648. The van der Waals surface area contributed by atoms with Gasteiger partial charge >= 0.3 is 0 Å². The molecule has 0 amide bonds. The Balaban J connectivity index is 1.95. The van der Waals surface area contributed by atoms with E-state index >= 15 is 0 Å². The molecule has 132 valence electrons. The van der Waals surface area contributed by atoms with Crippen molar-refractivity contribution in [2.75, 3.05) is 5.73 Å². The number of hydrogen-bond acceptors (Lipinski definition) is 4. The number of nitrogen functional groups attached to an aromatic ring is 1. The van der Waals surface area contributed by atoms with Crippen LogP contribution in [-0.4, -0.2) is 18.0 Å². The predicted octanol–water partition coefficient (Wildman–Crippen LogP) is 4.88. The zero-order valence-electron chi connectivity index (χ0n) is 15.6. The second-order valence-electron chi connectivity index (χ2n) is 6.92. The molecule has 5 heteroatoms. The van der Waals surface area contributed by atoms with E-state index in [9.17, 15) is 0 Å². The molecular formula is C21H24BN3S. The van der Waals surface area contributed by atoms with Crippen LogP contribution >= 0.6 is 11.3 Å². The normalized spacial score (nSPS) is 11.2. The van der Waals surface area contributed by atoms with Crippen LogP contribution < -0.4 is 5.73 Å². The van der Waals surface area contributed by atoms with Gasteiger partial charge in [0.2, 0.25) is 0 Å². The molecule has 0 saturated heterocycles. The summed E-state index contributed by atoms with van der Waals surface area (Å²) in [6.45, 7) is 6.55. The summed E-state index contributed by atoms with van der Waals surface area (Å²) >= 11 is 1.60. The Bertz CT molecular complexity index is 902. The molecule has 0 aliphatic rings. The Morgan fingerprint density at radius 3 is 2.50 bits per heavy atom. The number of anilines is 1. The molecule has 3 nitrogen and oxygen atoms in total. The quantitative estimate of drug-likeness (QED) is 0.503. The maximum Gasteiger partial charge on any atom is 0.148 e. The number of hydrogen-bond donors (Lipinski definition) is 1. The van der Waals surface area contributed by atoms with E-state index in [0.717, 1.165) is 39.7 Å². The van der Waals surface area contributed by atoms with Gasteiger partial charge in [0.05, 0.1) is 7.85 Å². The Morgan fingerprint density at radius 2 is 1.85 bits per heavy atom. The summed E-state index contributed by atoms with van der Waals surface area (Å²) in [6, 6.07) is 12.4. The fourth-order valence-corrected chi connectivity index (χ4v) is 4.14. The van der Waals surface area contributed by atoms with E-state index in [2.05, 4.69) is 55.2 Å². The summed E-state index contributed by atoms with van der Waals surface area (Å²) in [7, 11) is 5.89. The van der Waals surface area contributed by atoms with Gasteiger partial charge in [-0.15, -0.1) is 10.2 Å². The molecule has 26 heavy (non-hydrogen) atoms. The van der Waals surface area contributed by atoms with Crippen molar-refractivity contribution < 1.29 is 0 Å². The molecule has 0 unspecified atom stereocenters. The highest BCUT2D eigenvalue weighted by atomic mass is 32.1. The summed E-state index contributed by atoms with van der Waals surface area (Å²) in [5.41, 5.74) is 12.8. The van der Waals surface area contributed by atoms with Crippen molar-refractivity contribution in [1.29, 1.82) is 0 Å². The summed E-state index contributed by atoms with van der Waals surface area (Å²) in [5, 5.41) is 10.7. The fourth-order valence-electron chi connectivity index (χ4n) is 3.25. The van der Waals surface area contributed by atoms with E-state index in [0.29, 0.717) is 12.2 Å². The van der Waals surface area contributed by atoms with Gasteiger partial charge in [-0.2, -0.15) is 0 Å². The van der Waals surface area contributed by atoms with E-state index in [4.69, 9.17) is 13.6 Å². The van der Waals surface area contributed by atoms with Crippen LogP contribution in [0.4, 0.5) is 5.69 Å². The van der Waals surface area contributed by atoms with Crippen LogP contribution in [0.15, 0.2) is 36.4 Å². The molecule has 1 aromatic heterocycles.